The molecule has 2 aromatic carbocycles. The molecule has 128 valence electrons. The van der Waals surface area contributed by atoms with Gasteiger partial charge in [0.15, 0.2) is 0 Å². The zero-order chi connectivity index (χ0) is 17.9. The predicted molar refractivity (Wildman–Crippen MR) is 96.4 cm³/mol. The molecule has 0 heterocycles. The lowest BCUT2D eigenvalue weighted by atomic mass is 9.83. The smallest absolute Gasteiger partial charge is 0.232 e. The number of rotatable bonds is 5. The first-order valence-electron chi connectivity index (χ1n) is 7.69. The minimum absolute atomic E-state index is 0.00339. The van der Waals surface area contributed by atoms with E-state index in [0.29, 0.717) is 6.54 Å². The number of carbonyl (C=O) groups is 1. The topological polar surface area (TPSA) is 57.6 Å². The van der Waals surface area contributed by atoms with E-state index in [9.17, 15) is 14.1 Å². The van der Waals surface area contributed by atoms with Crippen molar-refractivity contribution in [2.75, 3.05) is 13.3 Å². The number of hydrogen-bond acceptors (Lipinski definition) is 3. The van der Waals surface area contributed by atoms with E-state index < -0.39 is 16.2 Å². The normalized spacial score (nSPS) is 12.7. The summed E-state index contributed by atoms with van der Waals surface area (Å²) in [5.41, 5.74) is 1.16. The first-order chi connectivity index (χ1) is 11.2. The molecule has 4 nitrogen and oxygen atoms in total. The zero-order valence-corrected chi connectivity index (χ0v) is 15.3. The largest absolute Gasteiger partial charge is 0.508 e. The van der Waals surface area contributed by atoms with Gasteiger partial charge in [0, 0.05) is 35.5 Å². The molecule has 5 heteroatoms. The first kappa shape index (κ1) is 18.2. The van der Waals surface area contributed by atoms with Crippen molar-refractivity contribution >= 4 is 16.7 Å². The Morgan fingerprint density at radius 2 is 1.62 bits per heavy atom. The molecule has 0 saturated heterocycles. The lowest BCUT2D eigenvalue weighted by Crippen LogP contribution is -2.40. The van der Waals surface area contributed by atoms with E-state index in [0.717, 1.165) is 16.0 Å². The molecule has 0 aromatic heterocycles. The second kappa shape index (κ2) is 7.18. The third-order valence-electron chi connectivity index (χ3n) is 4.15. The van der Waals surface area contributed by atoms with Crippen LogP contribution in [-0.2, 0) is 27.6 Å². The molecule has 2 rings (SSSR count). The molecule has 24 heavy (non-hydrogen) atoms. The summed E-state index contributed by atoms with van der Waals surface area (Å²) < 4.78 is 11.4. The van der Waals surface area contributed by atoms with Gasteiger partial charge in [0.05, 0.1) is 5.41 Å². The van der Waals surface area contributed by atoms with Crippen molar-refractivity contribution in [1.82, 2.24) is 4.90 Å². The Balaban J connectivity index is 2.13. The molecule has 1 amide bonds. The lowest BCUT2D eigenvalue weighted by molar-refractivity contribution is -0.135. The highest BCUT2D eigenvalue weighted by atomic mass is 32.2. The van der Waals surface area contributed by atoms with Gasteiger partial charge in [-0.25, -0.2) is 0 Å². The van der Waals surface area contributed by atoms with E-state index in [4.69, 9.17) is 0 Å². The Bertz CT molecular complexity index is 736. The number of phenols is 1. The quantitative estimate of drug-likeness (QED) is 0.906. The lowest BCUT2D eigenvalue weighted by Gasteiger charge is -2.30. The molecule has 2 aromatic rings. The van der Waals surface area contributed by atoms with Crippen molar-refractivity contribution in [2.24, 2.45) is 0 Å². The van der Waals surface area contributed by atoms with Crippen molar-refractivity contribution in [1.29, 1.82) is 0 Å². The number of nitrogens with zero attached hydrogens (tertiary/aromatic N) is 1. The number of likely N-dealkylation sites (N-methyl/N-ethyl adjacent to an activating group) is 1. The molecule has 0 saturated carbocycles. The van der Waals surface area contributed by atoms with Crippen LogP contribution >= 0.6 is 0 Å². The van der Waals surface area contributed by atoms with Gasteiger partial charge in [-0.3, -0.25) is 9.00 Å². The molecule has 1 atom stereocenters. The Kier molecular flexibility index (Phi) is 5.44. The van der Waals surface area contributed by atoms with Gasteiger partial charge >= 0.3 is 0 Å². The molecule has 0 aliphatic heterocycles. The molecule has 0 aliphatic rings. The number of hydrogen-bond donors (Lipinski definition) is 1. The van der Waals surface area contributed by atoms with Gasteiger partial charge in [-0.1, -0.05) is 24.3 Å². The van der Waals surface area contributed by atoms with Crippen molar-refractivity contribution in [3.05, 3.63) is 59.7 Å². The number of benzene rings is 2. The van der Waals surface area contributed by atoms with Gasteiger partial charge in [-0.05, 0) is 49.2 Å². The molecule has 0 bridgehead atoms. The summed E-state index contributed by atoms with van der Waals surface area (Å²) in [6.07, 6.45) is 1.64. The minimum Gasteiger partial charge on any atom is -0.508 e. The highest BCUT2D eigenvalue weighted by molar-refractivity contribution is 7.84. The van der Waals surface area contributed by atoms with E-state index in [1.54, 1.807) is 42.5 Å². The van der Waals surface area contributed by atoms with Crippen LogP contribution in [0.2, 0.25) is 0 Å². The summed E-state index contributed by atoms with van der Waals surface area (Å²) in [7, 11) is 0.774. The maximum absolute atomic E-state index is 12.8. The minimum atomic E-state index is -1.00. The molecule has 0 aliphatic carbocycles. The SMILES string of the molecule is CN(Cc1ccc([S@](C)=O)cc1)C(=O)C(C)(C)c1ccc(O)cc1. The molecular formula is C19H23NO3S. The van der Waals surface area contributed by atoms with Gasteiger partial charge in [0.2, 0.25) is 5.91 Å². The molecule has 0 radical (unpaired) electrons. The molecule has 0 spiro atoms. The van der Waals surface area contributed by atoms with Crippen LogP contribution in [0.4, 0.5) is 0 Å². The Morgan fingerprint density at radius 1 is 1.08 bits per heavy atom. The van der Waals surface area contributed by atoms with Crippen LogP contribution in [0.5, 0.6) is 5.75 Å². The fraction of sp³-hybridized carbons (Fsp3) is 0.316. The van der Waals surface area contributed by atoms with E-state index in [2.05, 4.69) is 0 Å². The van der Waals surface area contributed by atoms with Gasteiger partial charge in [0.1, 0.15) is 5.75 Å². The highest BCUT2D eigenvalue weighted by Crippen LogP contribution is 2.27. The summed E-state index contributed by atoms with van der Waals surface area (Å²) in [5.74, 6) is 0.181. The Hall–Kier alpha value is -2.14. The van der Waals surface area contributed by atoms with Gasteiger partial charge in [-0.15, -0.1) is 0 Å². The number of phenolic OH excluding ortho intramolecular Hbond substituents is 1. The van der Waals surface area contributed by atoms with Gasteiger partial charge in [-0.2, -0.15) is 0 Å². The number of carbonyl (C=O) groups excluding carboxylic acids is 1. The van der Waals surface area contributed by atoms with E-state index in [-0.39, 0.29) is 11.7 Å². The van der Waals surface area contributed by atoms with Crippen LogP contribution in [-0.4, -0.2) is 33.4 Å². The summed E-state index contributed by atoms with van der Waals surface area (Å²) in [6.45, 7) is 4.24. The third kappa shape index (κ3) is 4.03. The summed E-state index contributed by atoms with van der Waals surface area (Å²) >= 11 is 0. The average Bonchev–Trinajstić information content (AvgIpc) is 2.55. The van der Waals surface area contributed by atoms with E-state index in [1.165, 1.54) is 0 Å². The van der Waals surface area contributed by atoms with Crippen LogP contribution in [0.15, 0.2) is 53.4 Å². The molecule has 0 unspecified atom stereocenters. The van der Waals surface area contributed by atoms with Crippen molar-refractivity contribution in [3.63, 3.8) is 0 Å². The Morgan fingerprint density at radius 3 is 2.12 bits per heavy atom. The van der Waals surface area contributed by atoms with Crippen molar-refractivity contribution < 1.29 is 14.1 Å². The summed E-state index contributed by atoms with van der Waals surface area (Å²) in [4.78, 5) is 15.3. The monoisotopic (exact) mass is 345 g/mol. The van der Waals surface area contributed by atoms with E-state index in [1.807, 2.05) is 38.1 Å². The van der Waals surface area contributed by atoms with Crippen LogP contribution in [0.3, 0.4) is 0 Å². The van der Waals surface area contributed by atoms with Crippen molar-refractivity contribution in [2.45, 2.75) is 30.7 Å². The number of aromatic hydroxyl groups is 1. The van der Waals surface area contributed by atoms with Crippen LogP contribution in [0, 0.1) is 0 Å². The molecular weight excluding hydrogens is 322 g/mol. The van der Waals surface area contributed by atoms with Gasteiger partial charge < -0.3 is 10.0 Å². The number of amides is 1. The van der Waals surface area contributed by atoms with Crippen LogP contribution in [0.25, 0.3) is 0 Å². The maximum atomic E-state index is 12.8. The fourth-order valence-corrected chi connectivity index (χ4v) is 3.13. The standard InChI is InChI=1S/C19H23NO3S/c1-19(2,15-7-9-16(21)10-8-15)18(22)20(3)13-14-5-11-17(12-6-14)24(4)23/h5-12,21H,13H2,1-4H3/t24-/m0/s1. The highest BCUT2D eigenvalue weighted by Gasteiger charge is 2.32. The second-order valence-electron chi connectivity index (χ2n) is 6.43. The van der Waals surface area contributed by atoms with Crippen LogP contribution < -0.4 is 0 Å². The Labute approximate surface area is 145 Å². The van der Waals surface area contributed by atoms with Crippen LogP contribution in [0.1, 0.15) is 25.0 Å². The summed E-state index contributed by atoms with van der Waals surface area (Å²) in [5, 5.41) is 9.41. The second-order valence-corrected chi connectivity index (χ2v) is 7.81. The maximum Gasteiger partial charge on any atom is 0.232 e. The molecule has 0 fully saturated rings. The zero-order valence-electron chi connectivity index (χ0n) is 14.4. The van der Waals surface area contributed by atoms with Crippen molar-refractivity contribution in [3.8, 4) is 5.75 Å². The summed E-state index contributed by atoms with van der Waals surface area (Å²) in [6, 6.07) is 14.2. The fourth-order valence-electron chi connectivity index (χ4n) is 2.61. The van der Waals surface area contributed by atoms with Gasteiger partial charge in [0.25, 0.3) is 0 Å². The third-order valence-corrected chi connectivity index (χ3v) is 5.08. The predicted octanol–water partition coefficient (Wildman–Crippen LogP) is 3.07. The first-order valence-corrected chi connectivity index (χ1v) is 9.25. The van der Waals surface area contributed by atoms with E-state index >= 15 is 0 Å². The average molecular weight is 345 g/mol. The molecule has 1 N–H and O–H groups in total.